The van der Waals surface area contributed by atoms with Gasteiger partial charge in [-0.1, -0.05) is 35.3 Å². The maximum atomic E-state index is 12.9. The Bertz CT molecular complexity index is 848. The molecular weight excluding hydrogens is 411 g/mol. The lowest BCUT2D eigenvalue weighted by molar-refractivity contribution is -0.142. The highest BCUT2D eigenvalue weighted by molar-refractivity contribution is 6.30. The van der Waals surface area contributed by atoms with Crippen LogP contribution >= 0.6 is 23.2 Å². The molecule has 5 nitrogen and oxygen atoms in total. The van der Waals surface area contributed by atoms with Crippen LogP contribution in [-0.4, -0.2) is 34.9 Å². The molecule has 29 heavy (non-hydrogen) atoms. The lowest BCUT2D eigenvalue weighted by Gasteiger charge is -2.31. The minimum atomic E-state index is -0.686. The first kappa shape index (κ1) is 23.0. The number of carbonyl (C=O) groups excluding carboxylic acids is 2. The SMILES string of the molecule is CC(C(=O)NC(C)(C)C)N(Cc1cccc(Cl)c1)C(=O)COc1ccc(Cl)cc1. The third-order valence-electron chi connectivity index (χ3n) is 4.08. The zero-order chi connectivity index (χ0) is 21.6. The molecular formula is C22H26Cl2N2O3. The molecule has 0 saturated carbocycles. The largest absolute Gasteiger partial charge is 0.484 e. The van der Waals surface area contributed by atoms with Crippen LogP contribution in [0.5, 0.6) is 5.75 Å². The first-order chi connectivity index (χ1) is 13.5. The number of carbonyl (C=O) groups is 2. The van der Waals surface area contributed by atoms with Crippen LogP contribution in [0.15, 0.2) is 48.5 Å². The van der Waals surface area contributed by atoms with Crippen molar-refractivity contribution in [1.29, 1.82) is 0 Å². The lowest BCUT2D eigenvalue weighted by Crippen LogP contribution is -2.53. The molecule has 0 fully saturated rings. The minimum absolute atomic E-state index is 0.199. The van der Waals surface area contributed by atoms with Gasteiger partial charge in [-0.3, -0.25) is 9.59 Å². The monoisotopic (exact) mass is 436 g/mol. The van der Waals surface area contributed by atoms with Gasteiger partial charge in [-0.2, -0.15) is 0 Å². The van der Waals surface area contributed by atoms with Gasteiger partial charge in [0.05, 0.1) is 0 Å². The van der Waals surface area contributed by atoms with Crippen LogP contribution in [0.1, 0.15) is 33.3 Å². The fourth-order valence-electron chi connectivity index (χ4n) is 2.65. The minimum Gasteiger partial charge on any atom is -0.484 e. The van der Waals surface area contributed by atoms with Gasteiger partial charge in [-0.25, -0.2) is 0 Å². The zero-order valence-electron chi connectivity index (χ0n) is 17.0. The van der Waals surface area contributed by atoms with E-state index in [2.05, 4.69) is 5.32 Å². The zero-order valence-corrected chi connectivity index (χ0v) is 18.6. The molecule has 0 aliphatic carbocycles. The summed E-state index contributed by atoms with van der Waals surface area (Å²) in [6.45, 7) is 7.42. The Morgan fingerprint density at radius 2 is 1.72 bits per heavy atom. The van der Waals surface area contributed by atoms with Gasteiger partial charge in [0, 0.05) is 22.1 Å². The standard InChI is InChI=1S/C22H26Cl2N2O3/c1-15(21(28)25-22(2,3)4)26(13-16-6-5-7-18(24)12-16)20(27)14-29-19-10-8-17(23)9-11-19/h5-12,15H,13-14H2,1-4H3,(H,25,28). The Morgan fingerprint density at radius 3 is 2.31 bits per heavy atom. The third kappa shape index (κ3) is 7.59. The van der Waals surface area contributed by atoms with Crippen molar-refractivity contribution < 1.29 is 14.3 Å². The average molecular weight is 437 g/mol. The highest BCUT2D eigenvalue weighted by atomic mass is 35.5. The van der Waals surface area contributed by atoms with Crippen molar-refractivity contribution in [2.24, 2.45) is 0 Å². The summed E-state index contributed by atoms with van der Waals surface area (Å²) in [5, 5.41) is 4.07. The number of nitrogens with zero attached hydrogens (tertiary/aromatic N) is 1. The van der Waals surface area contributed by atoms with Crippen LogP contribution < -0.4 is 10.1 Å². The van der Waals surface area contributed by atoms with Gasteiger partial charge in [0.25, 0.3) is 5.91 Å². The van der Waals surface area contributed by atoms with E-state index >= 15 is 0 Å². The molecule has 0 saturated heterocycles. The second-order valence-electron chi connectivity index (χ2n) is 7.81. The number of hydrogen-bond acceptors (Lipinski definition) is 3. The first-order valence-corrected chi connectivity index (χ1v) is 10.0. The first-order valence-electron chi connectivity index (χ1n) is 9.29. The summed E-state index contributed by atoms with van der Waals surface area (Å²) in [6.07, 6.45) is 0. The second-order valence-corrected chi connectivity index (χ2v) is 8.68. The maximum Gasteiger partial charge on any atom is 0.261 e. The fourth-order valence-corrected chi connectivity index (χ4v) is 2.99. The number of halogens is 2. The van der Waals surface area contributed by atoms with Gasteiger partial charge in [0.1, 0.15) is 11.8 Å². The number of ether oxygens (including phenoxy) is 1. The van der Waals surface area contributed by atoms with Crippen LogP contribution in [0.4, 0.5) is 0 Å². The van der Waals surface area contributed by atoms with Gasteiger partial charge in [-0.05, 0) is 69.7 Å². The number of rotatable bonds is 7. The summed E-state index contributed by atoms with van der Waals surface area (Å²) < 4.78 is 5.59. The highest BCUT2D eigenvalue weighted by Gasteiger charge is 2.28. The van der Waals surface area contributed by atoms with Gasteiger partial charge in [-0.15, -0.1) is 0 Å². The molecule has 0 aliphatic rings. The van der Waals surface area contributed by atoms with Crippen LogP contribution in [0.2, 0.25) is 10.0 Å². The van der Waals surface area contributed by atoms with E-state index in [1.165, 1.54) is 4.90 Å². The van der Waals surface area contributed by atoms with Gasteiger partial charge < -0.3 is 15.0 Å². The van der Waals surface area contributed by atoms with Crippen molar-refractivity contribution >= 4 is 35.0 Å². The molecule has 2 rings (SSSR count). The van der Waals surface area contributed by atoms with E-state index in [0.717, 1.165) is 5.56 Å². The van der Waals surface area contributed by atoms with E-state index in [0.29, 0.717) is 15.8 Å². The Labute approximate surface area is 181 Å². The normalized spacial score (nSPS) is 12.2. The summed E-state index contributed by atoms with van der Waals surface area (Å²) in [7, 11) is 0. The number of nitrogens with one attached hydrogen (secondary N) is 1. The molecule has 0 heterocycles. The van der Waals surface area contributed by atoms with Crippen molar-refractivity contribution in [3.8, 4) is 5.75 Å². The number of amides is 2. The van der Waals surface area contributed by atoms with Crippen molar-refractivity contribution in [2.75, 3.05) is 6.61 Å². The number of benzene rings is 2. The molecule has 1 N–H and O–H groups in total. The average Bonchev–Trinajstić information content (AvgIpc) is 2.63. The summed E-state index contributed by atoms with van der Waals surface area (Å²) in [6, 6.07) is 13.3. The highest BCUT2D eigenvalue weighted by Crippen LogP contribution is 2.18. The summed E-state index contributed by atoms with van der Waals surface area (Å²) in [5.74, 6) is -0.0203. The molecule has 7 heteroatoms. The second kappa shape index (κ2) is 9.99. The van der Waals surface area contributed by atoms with Crippen molar-refractivity contribution in [1.82, 2.24) is 10.2 Å². The maximum absolute atomic E-state index is 12.9. The Morgan fingerprint density at radius 1 is 1.07 bits per heavy atom. The predicted octanol–water partition coefficient (Wildman–Crippen LogP) is 4.70. The molecule has 0 aromatic heterocycles. The molecule has 0 bridgehead atoms. The van der Waals surface area contributed by atoms with Crippen molar-refractivity contribution in [3.63, 3.8) is 0 Å². The number of hydrogen-bond donors (Lipinski definition) is 1. The van der Waals surface area contributed by atoms with E-state index in [1.54, 1.807) is 43.3 Å². The Hall–Kier alpha value is -2.24. The Kier molecular flexibility index (Phi) is 7.94. The third-order valence-corrected chi connectivity index (χ3v) is 4.57. The van der Waals surface area contributed by atoms with E-state index in [4.69, 9.17) is 27.9 Å². The van der Waals surface area contributed by atoms with E-state index < -0.39 is 11.6 Å². The fraction of sp³-hybridized carbons (Fsp3) is 0.364. The van der Waals surface area contributed by atoms with Crippen LogP contribution in [0.25, 0.3) is 0 Å². The molecule has 2 aromatic carbocycles. The quantitative estimate of drug-likeness (QED) is 0.683. The van der Waals surface area contributed by atoms with Crippen molar-refractivity contribution in [2.45, 2.75) is 45.8 Å². The predicted molar refractivity (Wildman–Crippen MR) is 116 cm³/mol. The van der Waals surface area contributed by atoms with Crippen molar-refractivity contribution in [3.05, 3.63) is 64.1 Å². The summed E-state index contributed by atoms with van der Waals surface area (Å²) >= 11 is 11.9. The van der Waals surface area contributed by atoms with Crippen LogP contribution in [0, 0.1) is 0 Å². The molecule has 0 aliphatic heterocycles. The smallest absolute Gasteiger partial charge is 0.261 e. The van der Waals surface area contributed by atoms with E-state index in [1.807, 2.05) is 32.9 Å². The topological polar surface area (TPSA) is 58.6 Å². The summed E-state index contributed by atoms with van der Waals surface area (Å²) in [4.78, 5) is 27.1. The summed E-state index contributed by atoms with van der Waals surface area (Å²) in [5.41, 5.74) is 0.420. The molecule has 0 radical (unpaired) electrons. The van der Waals surface area contributed by atoms with E-state index in [-0.39, 0.29) is 25.0 Å². The molecule has 0 spiro atoms. The van der Waals surface area contributed by atoms with Crippen LogP contribution in [-0.2, 0) is 16.1 Å². The lowest BCUT2D eigenvalue weighted by atomic mass is 10.1. The van der Waals surface area contributed by atoms with Crippen LogP contribution in [0.3, 0.4) is 0 Å². The van der Waals surface area contributed by atoms with Gasteiger partial charge in [0.15, 0.2) is 6.61 Å². The van der Waals surface area contributed by atoms with Gasteiger partial charge >= 0.3 is 0 Å². The molecule has 2 aromatic rings. The molecule has 156 valence electrons. The molecule has 2 amide bonds. The molecule has 1 unspecified atom stereocenters. The Balaban J connectivity index is 2.16. The molecule has 1 atom stereocenters. The van der Waals surface area contributed by atoms with E-state index in [9.17, 15) is 9.59 Å². The van der Waals surface area contributed by atoms with Gasteiger partial charge in [0.2, 0.25) is 5.91 Å².